The Balaban J connectivity index is 1.56. The first-order chi connectivity index (χ1) is 12.3. The number of fused-ring (bicyclic) bond motifs is 2. The van der Waals surface area contributed by atoms with Crippen LogP contribution in [-0.2, 0) is 13.6 Å². The Hall–Kier alpha value is -3.62. The second-order valence-corrected chi connectivity index (χ2v) is 5.74. The van der Waals surface area contributed by atoms with Gasteiger partial charge < -0.3 is 4.40 Å². The first kappa shape index (κ1) is 13.8. The van der Waals surface area contributed by atoms with Crippen LogP contribution in [0, 0.1) is 0 Å². The molecular weight excluding hydrogens is 318 g/mol. The average Bonchev–Trinajstić information content (AvgIpc) is 3.34. The zero-order chi connectivity index (χ0) is 16.8. The Labute approximate surface area is 141 Å². The predicted octanol–water partition coefficient (Wildman–Crippen LogP) is 1.32. The Bertz CT molecular complexity index is 1200. The molecule has 0 fully saturated rings. The van der Waals surface area contributed by atoms with Gasteiger partial charge in [-0.3, -0.25) is 4.68 Å². The normalized spacial score (nSPS) is 11.6. The smallest absolute Gasteiger partial charge is 0.221 e. The monoisotopic (exact) mass is 331 g/mol. The third-order valence-corrected chi connectivity index (χ3v) is 3.98. The van der Waals surface area contributed by atoms with Crippen molar-refractivity contribution in [1.82, 2.24) is 44.1 Å². The van der Waals surface area contributed by atoms with Crippen molar-refractivity contribution in [2.75, 3.05) is 0 Å². The van der Waals surface area contributed by atoms with Gasteiger partial charge in [0, 0.05) is 31.2 Å². The summed E-state index contributed by atoms with van der Waals surface area (Å²) in [4.78, 5) is 13.6. The standard InChI is InChI=1S/C16H13N9/c1-23-9-11(7-18-23)13-8-17-15-16(20-13)25(22-21-15)10-12-4-6-24-5-2-3-14(24)19-12/h2-9H,10H2,1H3. The lowest BCUT2D eigenvalue weighted by atomic mass is 10.3. The topological polar surface area (TPSA) is 91.6 Å². The molecule has 0 saturated carbocycles. The van der Waals surface area contributed by atoms with Crippen molar-refractivity contribution in [2.24, 2.45) is 7.05 Å². The van der Waals surface area contributed by atoms with Gasteiger partial charge in [-0.05, 0) is 18.2 Å². The minimum Gasteiger partial charge on any atom is -0.309 e. The molecule has 0 saturated heterocycles. The molecule has 0 aliphatic rings. The molecular formula is C16H13N9. The molecule has 0 radical (unpaired) electrons. The summed E-state index contributed by atoms with van der Waals surface area (Å²) in [5.41, 5.74) is 4.54. The van der Waals surface area contributed by atoms with Crippen LogP contribution in [0.2, 0.25) is 0 Å². The zero-order valence-electron chi connectivity index (χ0n) is 13.4. The molecule has 0 N–H and O–H groups in total. The maximum Gasteiger partial charge on any atom is 0.221 e. The van der Waals surface area contributed by atoms with Crippen LogP contribution >= 0.6 is 0 Å². The van der Waals surface area contributed by atoms with Crippen molar-refractivity contribution in [1.29, 1.82) is 0 Å². The summed E-state index contributed by atoms with van der Waals surface area (Å²) in [6.45, 7) is 0.476. The molecule has 0 spiro atoms. The van der Waals surface area contributed by atoms with Gasteiger partial charge >= 0.3 is 0 Å². The van der Waals surface area contributed by atoms with E-state index in [4.69, 9.17) is 0 Å². The molecule has 0 aromatic carbocycles. The molecule has 25 heavy (non-hydrogen) atoms. The SMILES string of the molecule is Cn1cc(-c2cnc3nnn(Cc4ccn5cccc5n4)c3n2)cn1. The van der Waals surface area contributed by atoms with E-state index in [1.807, 2.05) is 48.2 Å². The van der Waals surface area contributed by atoms with Crippen molar-refractivity contribution in [3.8, 4) is 11.3 Å². The summed E-state index contributed by atoms with van der Waals surface area (Å²) in [5, 5.41) is 12.4. The van der Waals surface area contributed by atoms with E-state index < -0.39 is 0 Å². The Kier molecular flexibility index (Phi) is 2.87. The summed E-state index contributed by atoms with van der Waals surface area (Å²) < 4.78 is 5.40. The molecule has 5 rings (SSSR count). The number of nitrogens with zero attached hydrogens (tertiary/aromatic N) is 9. The third kappa shape index (κ3) is 2.33. The molecule has 0 bridgehead atoms. The van der Waals surface area contributed by atoms with Crippen molar-refractivity contribution in [3.05, 3.63) is 54.9 Å². The molecule has 0 aliphatic heterocycles. The quantitative estimate of drug-likeness (QED) is 0.495. The fourth-order valence-electron chi connectivity index (χ4n) is 2.75. The Morgan fingerprint density at radius 2 is 2.04 bits per heavy atom. The first-order valence-electron chi connectivity index (χ1n) is 7.74. The Morgan fingerprint density at radius 1 is 1.08 bits per heavy atom. The highest BCUT2D eigenvalue weighted by Gasteiger charge is 2.12. The maximum absolute atomic E-state index is 4.66. The zero-order valence-corrected chi connectivity index (χ0v) is 13.4. The van der Waals surface area contributed by atoms with E-state index in [1.165, 1.54) is 0 Å². The van der Waals surface area contributed by atoms with Gasteiger partial charge in [0.1, 0.15) is 5.65 Å². The molecule has 0 amide bonds. The summed E-state index contributed by atoms with van der Waals surface area (Å²) in [6.07, 6.45) is 9.27. The number of hydrogen-bond acceptors (Lipinski definition) is 6. The van der Waals surface area contributed by atoms with Crippen LogP contribution in [0.5, 0.6) is 0 Å². The van der Waals surface area contributed by atoms with Crippen LogP contribution < -0.4 is 0 Å². The molecule has 5 aromatic heterocycles. The molecule has 0 unspecified atom stereocenters. The minimum atomic E-state index is 0.476. The molecule has 9 nitrogen and oxygen atoms in total. The summed E-state index contributed by atoms with van der Waals surface area (Å²) >= 11 is 0. The highest BCUT2D eigenvalue weighted by atomic mass is 15.5. The molecule has 0 aliphatic carbocycles. The summed E-state index contributed by atoms with van der Waals surface area (Å²) in [6, 6.07) is 5.88. The molecule has 5 aromatic rings. The lowest BCUT2D eigenvalue weighted by Gasteiger charge is -2.03. The van der Waals surface area contributed by atoms with Crippen molar-refractivity contribution >= 4 is 16.9 Å². The van der Waals surface area contributed by atoms with Gasteiger partial charge in [-0.2, -0.15) is 5.10 Å². The van der Waals surface area contributed by atoms with E-state index in [0.717, 1.165) is 22.6 Å². The van der Waals surface area contributed by atoms with E-state index in [2.05, 4.69) is 30.4 Å². The second kappa shape index (κ2) is 5.20. The van der Waals surface area contributed by atoms with E-state index in [1.54, 1.807) is 21.8 Å². The molecule has 0 atom stereocenters. The van der Waals surface area contributed by atoms with Crippen molar-refractivity contribution in [2.45, 2.75) is 6.54 Å². The third-order valence-electron chi connectivity index (χ3n) is 3.98. The van der Waals surface area contributed by atoms with E-state index in [0.29, 0.717) is 17.8 Å². The Morgan fingerprint density at radius 3 is 2.92 bits per heavy atom. The van der Waals surface area contributed by atoms with Gasteiger partial charge in [0.2, 0.25) is 5.65 Å². The van der Waals surface area contributed by atoms with Gasteiger partial charge in [0.15, 0.2) is 5.65 Å². The number of aryl methyl sites for hydroxylation is 1. The lowest BCUT2D eigenvalue weighted by Crippen LogP contribution is -2.06. The number of hydrogen-bond donors (Lipinski definition) is 0. The average molecular weight is 331 g/mol. The highest BCUT2D eigenvalue weighted by molar-refractivity contribution is 5.69. The largest absolute Gasteiger partial charge is 0.309 e. The lowest BCUT2D eigenvalue weighted by molar-refractivity contribution is 0.652. The van der Waals surface area contributed by atoms with E-state index in [-0.39, 0.29) is 0 Å². The van der Waals surface area contributed by atoms with Crippen LogP contribution in [0.25, 0.3) is 28.2 Å². The molecule has 9 heteroatoms. The first-order valence-corrected chi connectivity index (χ1v) is 7.74. The van der Waals surface area contributed by atoms with E-state index >= 15 is 0 Å². The van der Waals surface area contributed by atoms with Crippen LogP contribution in [0.3, 0.4) is 0 Å². The summed E-state index contributed by atoms with van der Waals surface area (Å²) in [5.74, 6) is 0. The second-order valence-electron chi connectivity index (χ2n) is 5.74. The van der Waals surface area contributed by atoms with Crippen LogP contribution in [0.15, 0.2) is 49.2 Å². The van der Waals surface area contributed by atoms with Crippen molar-refractivity contribution in [3.63, 3.8) is 0 Å². The van der Waals surface area contributed by atoms with Gasteiger partial charge in [-0.1, -0.05) is 5.21 Å². The molecule has 5 heterocycles. The van der Waals surface area contributed by atoms with Gasteiger partial charge in [-0.25, -0.2) is 19.6 Å². The van der Waals surface area contributed by atoms with Gasteiger partial charge in [-0.15, -0.1) is 5.10 Å². The fourth-order valence-corrected chi connectivity index (χ4v) is 2.75. The van der Waals surface area contributed by atoms with Crippen molar-refractivity contribution < 1.29 is 0 Å². The maximum atomic E-state index is 4.66. The van der Waals surface area contributed by atoms with E-state index in [9.17, 15) is 0 Å². The fraction of sp³-hybridized carbons (Fsp3) is 0.125. The number of aromatic nitrogens is 9. The summed E-state index contributed by atoms with van der Waals surface area (Å²) in [7, 11) is 1.87. The van der Waals surface area contributed by atoms with Gasteiger partial charge in [0.25, 0.3) is 0 Å². The number of rotatable bonds is 3. The molecule has 122 valence electrons. The highest BCUT2D eigenvalue weighted by Crippen LogP contribution is 2.17. The van der Waals surface area contributed by atoms with Gasteiger partial charge in [0.05, 0.1) is 30.3 Å². The predicted molar refractivity (Wildman–Crippen MR) is 89.6 cm³/mol. The van der Waals surface area contributed by atoms with Crippen LogP contribution in [0.4, 0.5) is 0 Å². The minimum absolute atomic E-state index is 0.476. The van der Waals surface area contributed by atoms with Crippen LogP contribution in [-0.4, -0.2) is 44.1 Å². The van der Waals surface area contributed by atoms with Crippen LogP contribution in [0.1, 0.15) is 5.69 Å².